The van der Waals surface area contributed by atoms with E-state index in [1.54, 1.807) is 49.9 Å². The number of fused-ring (bicyclic) bond motifs is 1. The number of nitrogens with one attached hydrogen (secondary N) is 1. The van der Waals surface area contributed by atoms with E-state index in [0.29, 0.717) is 41.9 Å². The van der Waals surface area contributed by atoms with E-state index >= 15 is 0 Å². The molecule has 0 saturated carbocycles. The van der Waals surface area contributed by atoms with Crippen molar-refractivity contribution in [3.8, 4) is 6.07 Å². The number of alkyl carbamates (subject to hydrolysis) is 1. The van der Waals surface area contributed by atoms with Gasteiger partial charge in [0.1, 0.15) is 15.8 Å². The second-order valence-electron chi connectivity index (χ2n) is 9.83. The van der Waals surface area contributed by atoms with Gasteiger partial charge in [0.15, 0.2) is 0 Å². The Bertz CT molecular complexity index is 1420. The molecule has 1 aliphatic rings. The average molecular weight is 534 g/mol. The first-order chi connectivity index (χ1) is 17.4. The summed E-state index contributed by atoms with van der Waals surface area (Å²) in [5.41, 5.74) is -1.77. The Balaban J connectivity index is 1.77. The number of ether oxygens (including phenoxy) is 1. The second-order valence-corrected chi connectivity index (χ2v) is 10.7. The summed E-state index contributed by atoms with van der Waals surface area (Å²) in [7, 11) is 0. The monoisotopic (exact) mass is 533 g/mol. The van der Waals surface area contributed by atoms with E-state index in [9.17, 15) is 28.0 Å². The molecule has 2 aromatic heterocycles. The van der Waals surface area contributed by atoms with Gasteiger partial charge >= 0.3 is 12.3 Å². The number of carbonyl (C=O) groups is 1. The third-order valence-corrected chi connectivity index (χ3v) is 6.81. The first-order valence-electron chi connectivity index (χ1n) is 11.7. The normalized spacial score (nSPS) is 16.5. The van der Waals surface area contributed by atoms with Gasteiger partial charge in [-0.25, -0.2) is 9.78 Å². The highest BCUT2D eigenvalue weighted by molar-refractivity contribution is 7.17. The maximum Gasteiger partial charge on any atom is 0.419 e. The van der Waals surface area contributed by atoms with E-state index in [-0.39, 0.29) is 29.8 Å². The van der Waals surface area contributed by atoms with Crippen molar-refractivity contribution < 1.29 is 22.7 Å². The first kappa shape index (κ1) is 26.5. The summed E-state index contributed by atoms with van der Waals surface area (Å²) in [5.74, 6) is 0.0600. The molecule has 1 N–H and O–H groups in total. The van der Waals surface area contributed by atoms with Gasteiger partial charge in [-0.05, 0) is 45.2 Å². The zero-order valence-electron chi connectivity index (χ0n) is 20.6. The molecule has 8 nitrogen and oxygen atoms in total. The van der Waals surface area contributed by atoms with Gasteiger partial charge in [0.05, 0.1) is 23.7 Å². The number of nitriles is 1. The molecule has 0 radical (unpaired) electrons. The third kappa shape index (κ3) is 5.88. The number of nitrogens with zero attached hydrogens (tertiary/aromatic N) is 4. The van der Waals surface area contributed by atoms with Crippen LogP contribution in [0.15, 0.2) is 34.4 Å². The minimum atomic E-state index is -4.67. The van der Waals surface area contributed by atoms with Crippen LogP contribution in [-0.4, -0.2) is 40.4 Å². The van der Waals surface area contributed by atoms with Crippen LogP contribution < -0.4 is 15.8 Å². The first-order valence-corrected chi connectivity index (χ1v) is 12.6. The quantitative estimate of drug-likeness (QED) is 0.513. The van der Waals surface area contributed by atoms with Crippen molar-refractivity contribution in [3.05, 3.63) is 56.7 Å². The van der Waals surface area contributed by atoms with E-state index in [1.807, 2.05) is 0 Å². The molecule has 1 saturated heterocycles. The number of benzene rings is 1. The number of rotatable bonds is 4. The van der Waals surface area contributed by atoms with Gasteiger partial charge in [-0.2, -0.15) is 18.4 Å². The highest BCUT2D eigenvalue weighted by atomic mass is 32.1. The molecule has 196 valence electrons. The number of hydrogen-bond donors (Lipinski definition) is 1. The van der Waals surface area contributed by atoms with Crippen molar-refractivity contribution in [2.24, 2.45) is 0 Å². The number of hydrogen-bond acceptors (Lipinski definition) is 7. The number of amides is 1. The minimum Gasteiger partial charge on any atom is -0.444 e. The molecule has 1 atom stereocenters. The molecule has 3 aromatic rings. The zero-order chi connectivity index (χ0) is 27.0. The maximum absolute atomic E-state index is 13.7. The summed E-state index contributed by atoms with van der Waals surface area (Å²) in [6, 6.07) is 8.45. The Morgan fingerprint density at radius 2 is 2.03 bits per heavy atom. The molecule has 0 spiro atoms. The van der Waals surface area contributed by atoms with Crippen LogP contribution in [0, 0.1) is 11.3 Å². The lowest BCUT2D eigenvalue weighted by Crippen LogP contribution is -2.50. The Morgan fingerprint density at radius 1 is 1.30 bits per heavy atom. The molecule has 0 bridgehead atoms. The Morgan fingerprint density at radius 3 is 2.70 bits per heavy atom. The topological polar surface area (TPSA) is 100 Å². The van der Waals surface area contributed by atoms with Crippen molar-refractivity contribution in [3.63, 3.8) is 0 Å². The number of alkyl halides is 3. The Hall–Kier alpha value is -3.59. The summed E-state index contributed by atoms with van der Waals surface area (Å²) in [6.45, 7) is 5.85. The molecule has 1 amide bonds. The molecule has 1 fully saturated rings. The summed E-state index contributed by atoms with van der Waals surface area (Å²) < 4.78 is 47.6. The van der Waals surface area contributed by atoms with Crippen LogP contribution >= 0.6 is 11.3 Å². The van der Waals surface area contributed by atoms with E-state index in [2.05, 4.69) is 16.4 Å². The van der Waals surface area contributed by atoms with Crippen LogP contribution in [0.4, 0.5) is 23.9 Å². The van der Waals surface area contributed by atoms with Crippen LogP contribution in [0.3, 0.4) is 0 Å². The van der Waals surface area contributed by atoms with Crippen molar-refractivity contribution in [2.45, 2.75) is 58.0 Å². The van der Waals surface area contributed by atoms with E-state index in [1.165, 1.54) is 4.57 Å². The van der Waals surface area contributed by atoms with Crippen molar-refractivity contribution in [2.75, 3.05) is 18.0 Å². The largest absolute Gasteiger partial charge is 0.444 e. The molecular formula is C25H26F3N5O3S. The molecule has 1 unspecified atom stereocenters. The van der Waals surface area contributed by atoms with Crippen molar-refractivity contribution in [1.82, 2.24) is 14.9 Å². The lowest BCUT2D eigenvalue weighted by atomic mass is 10.1. The highest BCUT2D eigenvalue weighted by Crippen LogP contribution is 2.37. The van der Waals surface area contributed by atoms with Gasteiger partial charge in [-0.15, -0.1) is 11.3 Å². The van der Waals surface area contributed by atoms with E-state index in [4.69, 9.17) is 4.74 Å². The lowest BCUT2D eigenvalue weighted by Gasteiger charge is -2.35. The number of thiophene rings is 1. The Kier molecular flexibility index (Phi) is 7.19. The molecule has 3 heterocycles. The van der Waals surface area contributed by atoms with Crippen LogP contribution in [0.1, 0.15) is 50.3 Å². The van der Waals surface area contributed by atoms with Crippen LogP contribution in [0.2, 0.25) is 0 Å². The Labute approximate surface area is 215 Å². The van der Waals surface area contributed by atoms with Crippen LogP contribution in [0.5, 0.6) is 0 Å². The van der Waals surface area contributed by atoms with Gasteiger partial charge in [0.25, 0.3) is 5.56 Å². The van der Waals surface area contributed by atoms with Gasteiger partial charge in [-0.1, -0.05) is 18.2 Å². The van der Waals surface area contributed by atoms with Gasteiger partial charge in [0, 0.05) is 24.5 Å². The number of halogens is 3. The molecule has 37 heavy (non-hydrogen) atoms. The lowest BCUT2D eigenvalue weighted by molar-refractivity contribution is -0.136. The predicted octanol–water partition coefficient (Wildman–Crippen LogP) is 4.89. The SMILES string of the molecule is CC(C)(C)OC(=O)NC1CCCN(c2nc3c(C(F)(F)F)csc3c(=O)n2Cc2ccccc2C#N)C1. The third-order valence-electron chi connectivity index (χ3n) is 5.85. The number of carbonyl (C=O) groups excluding carboxylic acids is 1. The van der Waals surface area contributed by atoms with Crippen molar-refractivity contribution >= 4 is 33.6 Å². The predicted molar refractivity (Wildman–Crippen MR) is 134 cm³/mol. The summed E-state index contributed by atoms with van der Waals surface area (Å²) in [6.07, 6.45) is -4.03. The number of piperidine rings is 1. The highest BCUT2D eigenvalue weighted by Gasteiger charge is 2.36. The minimum absolute atomic E-state index is 0.0409. The molecular weight excluding hydrogens is 507 g/mol. The molecule has 4 rings (SSSR count). The second kappa shape index (κ2) is 10.0. The molecule has 12 heteroatoms. The molecule has 0 aliphatic carbocycles. The summed E-state index contributed by atoms with van der Waals surface area (Å²) >= 11 is 0.699. The summed E-state index contributed by atoms with van der Waals surface area (Å²) in [5, 5.41) is 13.2. The van der Waals surface area contributed by atoms with E-state index in [0.717, 1.165) is 5.38 Å². The number of anilines is 1. The zero-order valence-corrected chi connectivity index (χ0v) is 21.4. The van der Waals surface area contributed by atoms with Gasteiger partial charge in [-0.3, -0.25) is 9.36 Å². The fourth-order valence-electron chi connectivity index (χ4n) is 4.26. The van der Waals surface area contributed by atoms with Crippen LogP contribution in [-0.2, 0) is 17.5 Å². The van der Waals surface area contributed by atoms with Crippen molar-refractivity contribution in [1.29, 1.82) is 5.26 Å². The summed E-state index contributed by atoms with van der Waals surface area (Å²) in [4.78, 5) is 31.9. The maximum atomic E-state index is 13.7. The molecule has 1 aliphatic heterocycles. The molecule has 1 aromatic carbocycles. The van der Waals surface area contributed by atoms with Gasteiger partial charge in [0.2, 0.25) is 5.95 Å². The van der Waals surface area contributed by atoms with Gasteiger partial charge < -0.3 is 15.0 Å². The standard InChI is InChI=1S/C25H26F3N5O3S/c1-24(2,3)36-23(35)30-17-9-6-10-32(13-17)22-31-19-18(25(26,27)28)14-37-20(19)21(34)33(22)12-16-8-5-4-7-15(16)11-29/h4-5,7-8,14,17H,6,9-10,12-13H2,1-3H3,(H,30,35). The van der Waals surface area contributed by atoms with Crippen LogP contribution in [0.25, 0.3) is 10.2 Å². The smallest absolute Gasteiger partial charge is 0.419 e. The average Bonchev–Trinajstić information content (AvgIpc) is 3.25. The van der Waals surface area contributed by atoms with E-state index < -0.39 is 34.5 Å². The fourth-order valence-corrected chi connectivity index (χ4v) is 5.22. The fraction of sp³-hybridized carbons (Fsp3) is 0.440. The number of aromatic nitrogens is 2.